The van der Waals surface area contributed by atoms with E-state index in [-0.39, 0.29) is 0 Å². The van der Waals surface area contributed by atoms with Crippen molar-refractivity contribution in [3.05, 3.63) is 48.3 Å². The molecule has 4 rings (SSSR count). The molecule has 1 aliphatic heterocycles. The lowest BCUT2D eigenvalue weighted by atomic mass is 10.1. The third kappa shape index (κ3) is 3.35. The first-order valence-electron chi connectivity index (χ1n) is 8.52. The van der Waals surface area contributed by atoms with Gasteiger partial charge >= 0.3 is 6.09 Å². The second kappa shape index (κ2) is 6.88. The van der Waals surface area contributed by atoms with Gasteiger partial charge < -0.3 is 24.6 Å². The van der Waals surface area contributed by atoms with Gasteiger partial charge in [0.2, 0.25) is 0 Å². The Hall–Kier alpha value is -3.73. The molecular formula is C19H17N5O3. The van der Waals surface area contributed by atoms with Crippen molar-refractivity contribution in [2.45, 2.75) is 0 Å². The Kier molecular flexibility index (Phi) is 4.26. The first-order chi connectivity index (χ1) is 13.1. The SMILES string of the molecule is N#Cc1ccc(N2CCN(C(=O)O)CC2)cc1Oc1cnc2[nH]ccc2c1. The van der Waals surface area contributed by atoms with Crippen molar-refractivity contribution in [2.75, 3.05) is 31.1 Å². The monoisotopic (exact) mass is 363 g/mol. The molecule has 0 saturated carbocycles. The molecule has 0 aliphatic carbocycles. The molecule has 8 heteroatoms. The normalized spacial score (nSPS) is 14.2. The maximum atomic E-state index is 11.1. The number of ether oxygens (including phenoxy) is 1. The third-order valence-electron chi connectivity index (χ3n) is 4.60. The molecule has 0 bridgehead atoms. The summed E-state index contributed by atoms with van der Waals surface area (Å²) in [5, 5.41) is 19.4. The van der Waals surface area contributed by atoms with Crippen LogP contribution in [0.2, 0.25) is 0 Å². The molecule has 1 amide bonds. The molecule has 0 atom stereocenters. The number of nitrogens with one attached hydrogen (secondary N) is 1. The molecule has 2 aromatic heterocycles. The summed E-state index contributed by atoms with van der Waals surface area (Å²) in [6.45, 7) is 2.07. The predicted molar refractivity (Wildman–Crippen MR) is 99.1 cm³/mol. The van der Waals surface area contributed by atoms with E-state index in [0.717, 1.165) is 16.7 Å². The van der Waals surface area contributed by atoms with Crippen molar-refractivity contribution in [3.63, 3.8) is 0 Å². The van der Waals surface area contributed by atoms with E-state index in [1.54, 1.807) is 18.5 Å². The van der Waals surface area contributed by atoms with E-state index in [1.165, 1.54) is 4.90 Å². The van der Waals surface area contributed by atoms with E-state index in [0.29, 0.717) is 43.2 Å². The number of benzene rings is 1. The fourth-order valence-corrected chi connectivity index (χ4v) is 3.14. The van der Waals surface area contributed by atoms with Gasteiger partial charge in [-0.05, 0) is 24.3 Å². The average molecular weight is 363 g/mol. The Balaban J connectivity index is 1.57. The van der Waals surface area contributed by atoms with Crippen molar-refractivity contribution in [3.8, 4) is 17.6 Å². The van der Waals surface area contributed by atoms with Crippen molar-refractivity contribution in [2.24, 2.45) is 0 Å². The molecule has 0 radical (unpaired) electrons. The van der Waals surface area contributed by atoms with E-state index in [2.05, 4.69) is 20.9 Å². The van der Waals surface area contributed by atoms with Crippen LogP contribution in [0.5, 0.6) is 11.5 Å². The van der Waals surface area contributed by atoms with Crippen LogP contribution >= 0.6 is 0 Å². The minimum Gasteiger partial charge on any atom is -0.465 e. The van der Waals surface area contributed by atoms with Gasteiger partial charge in [-0.1, -0.05) is 0 Å². The number of amides is 1. The predicted octanol–water partition coefficient (Wildman–Crippen LogP) is 3.03. The Morgan fingerprint density at radius 3 is 2.78 bits per heavy atom. The summed E-state index contributed by atoms with van der Waals surface area (Å²) in [6.07, 6.45) is 2.52. The lowest BCUT2D eigenvalue weighted by Crippen LogP contribution is -2.48. The minimum absolute atomic E-state index is 0.428. The molecule has 3 heterocycles. The number of piperazine rings is 1. The van der Waals surface area contributed by atoms with Gasteiger partial charge in [0.25, 0.3) is 0 Å². The standard InChI is InChI=1S/C19H17N5O3/c20-11-14-1-2-15(23-5-7-24(8-6-23)19(25)26)10-17(14)27-16-9-13-3-4-21-18(13)22-12-16/h1-4,9-10,12H,5-8H2,(H,21,22)(H,25,26). The van der Waals surface area contributed by atoms with Crippen LogP contribution in [0.1, 0.15) is 5.56 Å². The van der Waals surface area contributed by atoms with Gasteiger partial charge in [-0.25, -0.2) is 9.78 Å². The van der Waals surface area contributed by atoms with Gasteiger partial charge in [-0.15, -0.1) is 0 Å². The summed E-state index contributed by atoms with van der Waals surface area (Å²) in [5.74, 6) is 0.999. The number of aromatic amines is 1. The fraction of sp³-hybridized carbons (Fsp3) is 0.211. The highest BCUT2D eigenvalue weighted by Gasteiger charge is 2.21. The Morgan fingerprint density at radius 1 is 1.22 bits per heavy atom. The van der Waals surface area contributed by atoms with Gasteiger partial charge in [-0.3, -0.25) is 0 Å². The quantitative estimate of drug-likeness (QED) is 0.741. The molecule has 1 aromatic carbocycles. The van der Waals surface area contributed by atoms with Crippen molar-refractivity contribution >= 4 is 22.8 Å². The van der Waals surface area contributed by atoms with Gasteiger partial charge in [0.05, 0.1) is 11.8 Å². The summed E-state index contributed by atoms with van der Waals surface area (Å²) in [7, 11) is 0. The summed E-state index contributed by atoms with van der Waals surface area (Å²) < 4.78 is 5.94. The second-order valence-corrected chi connectivity index (χ2v) is 6.24. The van der Waals surface area contributed by atoms with E-state index in [4.69, 9.17) is 9.84 Å². The van der Waals surface area contributed by atoms with Crippen LogP contribution in [0.25, 0.3) is 11.0 Å². The molecule has 3 aromatic rings. The third-order valence-corrected chi connectivity index (χ3v) is 4.60. The molecule has 0 unspecified atom stereocenters. The van der Waals surface area contributed by atoms with E-state index in [9.17, 15) is 10.1 Å². The zero-order valence-electron chi connectivity index (χ0n) is 14.4. The van der Waals surface area contributed by atoms with Crippen molar-refractivity contribution in [1.82, 2.24) is 14.9 Å². The first-order valence-corrected chi connectivity index (χ1v) is 8.52. The summed E-state index contributed by atoms with van der Waals surface area (Å²) in [5.41, 5.74) is 2.09. The van der Waals surface area contributed by atoms with Crippen molar-refractivity contribution < 1.29 is 14.6 Å². The van der Waals surface area contributed by atoms with E-state index < -0.39 is 6.09 Å². The number of carbonyl (C=O) groups is 1. The van der Waals surface area contributed by atoms with Gasteiger partial charge in [-0.2, -0.15) is 5.26 Å². The zero-order chi connectivity index (χ0) is 18.8. The Labute approximate surface area is 155 Å². The number of nitriles is 1. The molecular weight excluding hydrogens is 346 g/mol. The topological polar surface area (TPSA) is 105 Å². The maximum absolute atomic E-state index is 11.1. The number of aromatic nitrogens is 2. The molecule has 8 nitrogen and oxygen atoms in total. The summed E-state index contributed by atoms with van der Waals surface area (Å²) >= 11 is 0. The Bertz CT molecular complexity index is 1030. The van der Waals surface area contributed by atoms with Gasteiger partial charge in [0.15, 0.2) is 0 Å². The fourth-order valence-electron chi connectivity index (χ4n) is 3.14. The van der Waals surface area contributed by atoms with Crippen LogP contribution in [0.4, 0.5) is 10.5 Å². The van der Waals surface area contributed by atoms with Crippen LogP contribution in [0.15, 0.2) is 42.7 Å². The number of carboxylic acid groups (broad SMARTS) is 1. The van der Waals surface area contributed by atoms with Crippen LogP contribution in [-0.2, 0) is 0 Å². The number of hydrogen-bond acceptors (Lipinski definition) is 5. The highest BCUT2D eigenvalue weighted by molar-refractivity contribution is 5.76. The lowest BCUT2D eigenvalue weighted by molar-refractivity contribution is 0.142. The lowest BCUT2D eigenvalue weighted by Gasteiger charge is -2.34. The zero-order valence-corrected chi connectivity index (χ0v) is 14.4. The van der Waals surface area contributed by atoms with Crippen LogP contribution in [0, 0.1) is 11.3 Å². The number of fused-ring (bicyclic) bond motifs is 1. The number of rotatable bonds is 3. The van der Waals surface area contributed by atoms with Crippen LogP contribution in [-0.4, -0.2) is 52.2 Å². The van der Waals surface area contributed by atoms with E-state index in [1.807, 2.05) is 24.3 Å². The Morgan fingerprint density at radius 2 is 2.04 bits per heavy atom. The van der Waals surface area contributed by atoms with Crippen LogP contribution < -0.4 is 9.64 Å². The van der Waals surface area contributed by atoms with Gasteiger partial charge in [0.1, 0.15) is 23.2 Å². The maximum Gasteiger partial charge on any atom is 0.407 e. The van der Waals surface area contributed by atoms with E-state index >= 15 is 0 Å². The molecule has 0 spiro atoms. The minimum atomic E-state index is -0.897. The largest absolute Gasteiger partial charge is 0.465 e. The number of pyridine rings is 1. The molecule has 1 saturated heterocycles. The number of anilines is 1. The number of H-pyrrole nitrogens is 1. The van der Waals surface area contributed by atoms with Gasteiger partial charge in [0, 0.05) is 49.5 Å². The second-order valence-electron chi connectivity index (χ2n) is 6.24. The van der Waals surface area contributed by atoms with Crippen molar-refractivity contribution in [1.29, 1.82) is 5.26 Å². The molecule has 27 heavy (non-hydrogen) atoms. The molecule has 136 valence electrons. The summed E-state index contributed by atoms with van der Waals surface area (Å²) in [6, 6.07) is 11.3. The molecule has 1 fully saturated rings. The molecule has 2 N–H and O–H groups in total. The highest BCUT2D eigenvalue weighted by Crippen LogP contribution is 2.31. The number of hydrogen-bond donors (Lipinski definition) is 2. The van der Waals surface area contributed by atoms with Crippen LogP contribution in [0.3, 0.4) is 0 Å². The average Bonchev–Trinajstić information content (AvgIpc) is 3.16. The molecule has 1 aliphatic rings. The number of nitrogens with zero attached hydrogens (tertiary/aromatic N) is 4. The first kappa shape index (κ1) is 16.7. The highest BCUT2D eigenvalue weighted by atomic mass is 16.5. The summed E-state index contributed by atoms with van der Waals surface area (Å²) in [4.78, 5) is 21.9. The smallest absolute Gasteiger partial charge is 0.407 e.